The Hall–Kier alpha value is -4.48. The third kappa shape index (κ3) is 2.87. The highest BCUT2D eigenvalue weighted by Crippen LogP contribution is 2.34. The number of oxime groups is 1. The summed E-state index contributed by atoms with van der Waals surface area (Å²) in [7, 11) is 0. The Morgan fingerprint density at radius 1 is 0.900 bits per heavy atom. The number of carbonyl (C=O) groups is 3. The zero-order valence-corrected chi connectivity index (χ0v) is 14.8. The van der Waals surface area contributed by atoms with E-state index in [1.807, 2.05) is 0 Å². The van der Waals surface area contributed by atoms with Gasteiger partial charge in [0.1, 0.15) is 11.6 Å². The van der Waals surface area contributed by atoms with Crippen LogP contribution in [-0.2, 0) is 14.4 Å². The number of rotatable bonds is 5. The van der Waals surface area contributed by atoms with Crippen molar-refractivity contribution in [3.63, 3.8) is 0 Å². The van der Waals surface area contributed by atoms with Crippen LogP contribution in [0.3, 0.4) is 0 Å². The topological polar surface area (TPSA) is 162 Å². The standard InChI is InChI=1S/C18H10N4O8/c23-15(9-1-3-11(4-2-9)21(26)27)14-13-16(30-19-14)18(25)20(17(13)24)10-5-7-12(8-6-10)22(28)29/h1-8,13,16H/t13-,16-/m1/s1. The lowest BCUT2D eigenvalue weighted by Gasteiger charge is -2.14. The fraction of sp³-hybridized carbons (Fsp3) is 0.111. The van der Waals surface area contributed by atoms with E-state index in [4.69, 9.17) is 4.84 Å². The molecule has 0 saturated carbocycles. The highest BCUT2D eigenvalue weighted by Gasteiger charge is 2.57. The molecular formula is C18H10N4O8. The number of ketones is 1. The molecule has 12 heteroatoms. The number of non-ortho nitro benzene ring substituents is 2. The van der Waals surface area contributed by atoms with Crippen LogP contribution in [0, 0.1) is 26.1 Å². The number of nitrogens with zero attached hydrogens (tertiary/aromatic N) is 4. The number of Topliss-reactive ketones (excluding diaryl/α,β-unsaturated/α-hetero) is 1. The van der Waals surface area contributed by atoms with Crippen molar-refractivity contribution in [3.05, 3.63) is 74.3 Å². The van der Waals surface area contributed by atoms with Crippen LogP contribution in [0.1, 0.15) is 10.4 Å². The largest absolute Gasteiger partial charge is 0.381 e. The van der Waals surface area contributed by atoms with Crippen molar-refractivity contribution in [1.82, 2.24) is 0 Å². The smallest absolute Gasteiger partial charge is 0.278 e. The molecule has 150 valence electrons. The molecule has 1 saturated heterocycles. The first-order valence-corrected chi connectivity index (χ1v) is 8.44. The van der Waals surface area contributed by atoms with Gasteiger partial charge in [0, 0.05) is 29.8 Å². The fourth-order valence-electron chi connectivity index (χ4n) is 3.23. The van der Waals surface area contributed by atoms with E-state index in [1.165, 1.54) is 24.3 Å². The minimum Gasteiger partial charge on any atom is -0.381 e. The zero-order chi connectivity index (χ0) is 21.6. The second-order valence-corrected chi connectivity index (χ2v) is 6.40. The van der Waals surface area contributed by atoms with Crippen molar-refractivity contribution in [2.24, 2.45) is 11.1 Å². The Morgan fingerprint density at radius 3 is 1.97 bits per heavy atom. The molecule has 0 aromatic heterocycles. The average molecular weight is 410 g/mol. The van der Waals surface area contributed by atoms with Gasteiger partial charge in [-0.3, -0.25) is 34.6 Å². The van der Waals surface area contributed by atoms with Crippen LogP contribution >= 0.6 is 0 Å². The highest BCUT2D eigenvalue weighted by molar-refractivity contribution is 6.52. The summed E-state index contributed by atoms with van der Waals surface area (Å²) in [5, 5.41) is 25.1. The number of benzene rings is 2. The van der Waals surface area contributed by atoms with Gasteiger partial charge in [-0.05, 0) is 24.3 Å². The maximum absolute atomic E-state index is 12.9. The molecule has 0 radical (unpaired) electrons. The van der Waals surface area contributed by atoms with Gasteiger partial charge < -0.3 is 4.84 Å². The summed E-state index contributed by atoms with van der Waals surface area (Å²) in [6, 6.07) is 9.45. The van der Waals surface area contributed by atoms with E-state index in [9.17, 15) is 34.6 Å². The second-order valence-electron chi connectivity index (χ2n) is 6.40. The summed E-state index contributed by atoms with van der Waals surface area (Å²) in [6.07, 6.45) is -1.33. The van der Waals surface area contributed by atoms with Crippen molar-refractivity contribution < 1.29 is 29.1 Å². The molecule has 2 aliphatic heterocycles. The molecule has 30 heavy (non-hydrogen) atoms. The van der Waals surface area contributed by atoms with Crippen LogP contribution in [0.15, 0.2) is 53.7 Å². The van der Waals surface area contributed by atoms with Gasteiger partial charge in [0.15, 0.2) is 0 Å². The van der Waals surface area contributed by atoms with E-state index < -0.39 is 39.5 Å². The van der Waals surface area contributed by atoms with Gasteiger partial charge >= 0.3 is 0 Å². The number of hydrogen-bond donors (Lipinski definition) is 0. The van der Waals surface area contributed by atoms with Crippen LogP contribution in [-0.4, -0.2) is 39.3 Å². The van der Waals surface area contributed by atoms with E-state index in [2.05, 4.69) is 5.16 Å². The predicted octanol–water partition coefficient (Wildman–Crippen LogP) is 1.63. The molecule has 2 aromatic rings. The lowest BCUT2D eigenvalue weighted by atomic mass is 9.93. The molecule has 1 fully saturated rings. The van der Waals surface area contributed by atoms with Crippen molar-refractivity contribution in [2.75, 3.05) is 4.90 Å². The van der Waals surface area contributed by atoms with Crippen molar-refractivity contribution in [2.45, 2.75) is 6.10 Å². The van der Waals surface area contributed by atoms with Gasteiger partial charge in [-0.2, -0.15) is 0 Å². The molecule has 0 unspecified atom stereocenters. The average Bonchev–Trinajstić information content (AvgIpc) is 3.28. The molecule has 2 amide bonds. The summed E-state index contributed by atoms with van der Waals surface area (Å²) in [5.41, 5.74) is -0.597. The molecular weight excluding hydrogens is 400 g/mol. The number of hydrogen-bond acceptors (Lipinski definition) is 9. The van der Waals surface area contributed by atoms with Gasteiger partial charge in [-0.25, -0.2) is 4.90 Å². The molecule has 2 aromatic carbocycles. The summed E-state index contributed by atoms with van der Waals surface area (Å²) < 4.78 is 0. The zero-order valence-electron chi connectivity index (χ0n) is 14.8. The number of fused-ring (bicyclic) bond motifs is 1. The van der Waals surface area contributed by atoms with Gasteiger partial charge in [0.25, 0.3) is 17.3 Å². The molecule has 0 spiro atoms. The minimum absolute atomic E-state index is 0.0395. The summed E-state index contributed by atoms with van der Waals surface area (Å²) in [6.45, 7) is 0. The van der Waals surface area contributed by atoms with Crippen LogP contribution in [0.25, 0.3) is 0 Å². The third-order valence-corrected chi connectivity index (χ3v) is 4.70. The lowest BCUT2D eigenvalue weighted by molar-refractivity contribution is -0.385. The minimum atomic E-state index is -1.33. The number of carbonyl (C=O) groups excluding carboxylic acids is 3. The number of anilines is 1. The van der Waals surface area contributed by atoms with E-state index in [0.717, 1.165) is 29.2 Å². The maximum atomic E-state index is 12.9. The van der Waals surface area contributed by atoms with E-state index in [0.29, 0.717) is 0 Å². The van der Waals surface area contributed by atoms with Crippen LogP contribution in [0.4, 0.5) is 17.1 Å². The fourth-order valence-corrected chi connectivity index (χ4v) is 3.23. The maximum Gasteiger partial charge on any atom is 0.278 e. The number of amides is 2. The molecule has 0 bridgehead atoms. The van der Waals surface area contributed by atoms with Crippen molar-refractivity contribution in [3.8, 4) is 0 Å². The Labute approximate surface area is 166 Å². The van der Waals surface area contributed by atoms with E-state index in [1.54, 1.807) is 0 Å². The molecule has 4 rings (SSSR count). The molecule has 12 nitrogen and oxygen atoms in total. The van der Waals surface area contributed by atoms with Crippen LogP contribution < -0.4 is 4.90 Å². The summed E-state index contributed by atoms with van der Waals surface area (Å²) >= 11 is 0. The molecule has 0 N–H and O–H groups in total. The van der Waals surface area contributed by atoms with E-state index >= 15 is 0 Å². The Bertz CT molecular complexity index is 1140. The van der Waals surface area contributed by atoms with E-state index in [-0.39, 0.29) is 28.3 Å². The third-order valence-electron chi connectivity index (χ3n) is 4.70. The van der Waals surface area contributed by atoms with Crippen molar-refractivity contribution >= 4 is 40.4 Å². The number of nitro groups is 2. The first kappa shape index (κ1) is 18.9. The van der Waals surface area contributed by atoms with Crippen LogP contribution in [0.2, 0.25) is 0 Å². The van der Waals surface area contributed by atoms with Crippen molar-refractivity contribution in [1.29, 1.82) is 0 Å². The van der Waals surface area contributed by atoms with Gasteiger partial charge in [0.2, 0.25) is 17.8 Å². The number of nitro benzene ring substituents is 2. The molecule has 2 atom stereocenters. The molecule has 2 heterocycles. The SMILES string of the molecule is O=C(C1=NO[C@H]2C(=O)N(c3ccc([N+](=O)[O-])cc3)C(=O)[C@H]12)c1ccc([N+](=O)[O-])cc1. The highest BCUT2D eigenvalue weighted by atomic mass is 16.7. The second kappa shape index (κ2) is 6.84. The Morgan fingerprint density at radius 2 is 1.43 bits per heavy atom. The summed E-state index contributed by atoms with van der Waals surface area (Å²) in [4.78, 5) is 64.4. The first-order valence-electron chi connectivity index (χ1n) is 8.44. The Balaban J connectivity index is 1.60. The summed E-state index contributed by atoms with van der Waals surface area (Å²) in [5.74, 6) is -3.50. The number of imide groups is 1. The van der Waals surface area contributed by atoms with Crippen LogP contribution in [0.5, 0.6) is 0 Å². The first-order chi connectivity index (χ1) is 14.3. The van der Waals surface area contributed by atoms with Gasteiger partial charge in [0.05, 0.1) is 15.5 Å². The normalized spacial score (nSPS) is 19.9. The monoisotopic (exact) mass is 410 g/mol. The quantitative estimate of drug-likeness (QED) is 0.311. The lowest BCUT2D eigenvalue weighted by Crippen LogP contribution is -2.34. The Kier molecular flexibility index (Phi) is 4.30. The van der Waals surface area contributed by atoms with Gasteiger partial charge in [-0.1, -0.05) is 5.16 Å². The predicted molar refractivity (Wildman–Crippen MR) is 98.8 cm³/mol. The molecule has 0 aliphatic carbocycles. The molecule has 2 aliphatic rings. The van der Waals surface area contributed by atoms with Gasteiger partial charge in [-0.15, -0.1) is 0 Å².